The van der Waals surface area contributed by atoms with Gasteiger partial charge in [0.25, 0.3) is 10.0 Å². The quantitative estimate of drug-likeness (QED) is 0.413. The molecule has 2 amide bonds. The molecular weight excluding hydrogens is 510 g/mol. The summed E-state index contributed by atoms with van der Waals surface area (Å²) in [5, 5.41) is 2.96. The van der Waals surface area contributed by atoms with Crippen LogP contribution in [0.4, 0.5) is 5.69 Å². The summed E-state index contributed by atoms with van der Waals surface area (Å²) in [4.78, 5) is 27.7. The number of hydrogen-bond acceptors (Lipinski definition) is 4. The summed E-state index contributed by atoms with van der Waals surface area (Å²) < 4.78 is 28.6. The van der Waals surface area contributed by atoms with Gasteiger partial charge < -0.3 is 10.2 Å². The summed E-state index contributed by atoms with van der Waals surface area (Å²) in [6.45, 7) is 5.05. The molecule has 196 valence electrons. The Morgan fingerprint density at radius 3 is 2.22 bits per heavy atom. The maximum absolute atomic E-state index is 13.8. The van der Waals surface area contributed by atoms with Gasteiger partial charge in [0.15, 0.2) is 0 Å². The average molecular weight is 542 g/mol. The number of carbonyl (C=O) groups is 2. The van der Waals surface area contributed by atoms with Crippen LogP contribution in [0, 0.1) is 13.8 Å². The van der Waals surface area contributed by atoms with Crippen molar-refractivity contribution in [2.24, 2.45) is 0 Å². The molecule has 0 saturated heterocycles. The Hall–Kier alpha value is -3.36. The molecule has 0 radical (unpaired) electrons. The fourth-order valence-corrected chi connectivity index (χ4v) is 5.46. The number of nitrogens with one attached hydrogen (secondary N) is 1. The first-order chi connectivity index (χ1) is 17.5. The van der Waals surface area contributed by atoms with Crippen molar-refractivity contribution in [3.05, 3.63) is 94.5 Å². The van der Waals surface area contributed by atoms with Crippen LogP contribution in [0.5, 0.6) is 0 Å². The lowest BCUT2D eigenvalue weighted by atomic mass is 10.1. The molecule has 9 heteroatoms. The van der Waals surface area contributed by atoms with Crippen molar-refractivity contribution >= 4 is 39.1 Å². The van der Waals surface area contributed by atoms with Gasteiger partial charge in [-0.15, -0.1) is 0 Å². The lowest BCUT2D eigenvalue weighted by Crippen LogP contribution is -2.51. The molecule has 0 aliphatic heterocycles. The Morgan fingerprint density at radius 2 is 1.62 bits per heavy atom. The zero-order valence-electron chi connectivity index (χ0n) is 21.4. The molecule has 0 aliphatic rings. The highest BCUT2D eigenvalue weighted by molar-refractivity contribution is 7.92. The van der Waals surface area contributed by atoms with E-state index in [9.17, 15) is 18.0 Å². The summed E-state index contributed by atoms with van der Waals surface area (Å²) in [5.74, 6) is -0.841. The first-order valence-corrected chi connectivity index (χ1v) is 13.8. The number of likely N-dealkylation sites (N-methyl/N-ethyl adjacent to an activating group) is 1. The molecule has 0 saturated carbocycles. The Bertz CT molecular complexity index is 1350. The summed E-state index contributed by atoms with van der Waals surface area (Å²) in [7, 11) is -2.62. The lowest BCUT2D eigenvalue weighted by molar-refractivity contribution is -0.138. The maximum Gasteiger partial charge on any atom is 0.264 e. The summed E-state index contributed by atoms with van der Waals surface area (Å²) >= 11 is 6.33. The molecule has 3 rings (SSSR count). The molecule has 0 fully saturated rings. The second kappa shape index (κ2) is 12.3. The Labute approximate surface area is 224 Å². The first kappa shape index (κ1) is 28.2. The number of rotatable bonds is 10. The van der Waals surface area contributed by atoms with Crippen LogP contribution in [0.25, 0.3) is 0 Å². The molecular formula is C28H32ClN3O4S. The van der Waals surface area contributed by atoms with Crippen molar-refractivity contribution < 1.29 is 18.0 Å². The van der Waals surface area contributed by atoms with E-state index in [0.717, 1.165) is 21.0 Å². The maximum atomic E-state index is 13.8. The summed E-state index contributed by atoms with van der Waals surface area (Å²) in [5.41, 5.74) is 2.95. The van der Waals surface area contributed by atoms with Crippen LogP contribution in [0.3, 0.4) is 0 Å². The standard InChI is InChI=1S/C28H32ClN3O4S/c1-20-10-14-25(15-11-20)37(35,36)32(24-13-12-21(2)26(29)18-24)19-27(33)31(22(3)28(34)30-4)17-16-23-8-6-5-7-9-23/h5-15,18,22H,16-17,19H2,1-4H3,(H,30,34). The van der Waals surface area contributed by atoms with Crippen molar-refractivity contribution in [1.29, 1.82) is 0 Å². The second-order valence-corrected chi connectivity index (χ2v) is 11.1. The minimum absolute atomic E-state index is 0.0535. The van der Waals surface area contributed by atoms with E-state index in [1.54, 1.807) is 31.2 Å². The smallest absolute Gasteiger partial charge is 0.264 e. The van der Waals surface area contributed by atoms with Crippen LogP contribution in [-0.2, 0) is 26.0 Å². The van der Waals surface area contributed by atoms with Gasteiger partial charge in [-0.1, -0.05) is 65.7 Å². The molecule has 37 heavy (non-hydrogen) atoms. The van der Waals surface area contributed by atoms with E-state index in [-0.39, 0.29) is 23.0 Å². The van der Waals surface area contributed by atoms with Crippen LogP contribution < -0.4 is 9.62 Å². The number of aryl methyl sites for hydroxylation is 2. The van der Waals surface area contributed by atoms with Crippen LogP contribution in [-0.4, -0.2) is 51.3 Å². The van der Waals surface area contributed by atoms with E-state index in [2.05, 4.69) is 5.32 Å². The topological polar surface area (TPSA) is 86.8 Å². The SMILES string of the molecule is CNC(=O)C(C)N(CCc1ccccc1)C(=O)CN(c1ccc(C)c(Cl)c1)S(=O)(=O)c1ccc(C)cc1. The zero-order valence-corrected chi connectivity index (χ0v) is 23.0. The third kappa shape index (κ3) is 6.90. The van der Waals surface area contributed by atoms with Crippen molar-refractivity contribution in [3.8, 4) is 0 Å². The van der Waals surface area contributed by atoms with E-state index >= 15 is 0 Å². The van der Waals surface area contributed by atoms with Gasteiger partial charge in [0.2, 0.25) is 11.8 Å². The molecule has 3 aromatic rings. The molecule has 0 heterocycles. The predicted octanol–water partition coefficient (Wildman–Crippen LogP) is 4.36. The van der Waals surface area contributed by atoms with Crippen LogP contribution in [0.15, 0.2) is 77.7 Å². The lowest BCUT2D eigenvalue weighted by Gasteiger charge is -2.32. The molecule has 0 spiro atoms. The number of hydrogen-bond donors (Lipinski definition) is 1. The molecule has 0 aliphatic carbocycles. The fourth-order valence-electron chi connectivity index (χ4n) is 3.88. The molecule has 0 aromatic heterocycles. The highest BCUT2D eigenvalue weighted by atomic mass is 35.5. The number of anilines is 1. The number of sulfonamides is 1. The molecule has 7 nitrogen and oxygen atoms in total. The monoisotopic (exact) mass is 541 g/mol. The second-order valence-electron chi connectivity index (χ2n) is 8.87. The van der Waals surface area contributed by atoms with E-state index in [1.807, 2.05) is 44.2 Å². The highest BCUT2D eigenvalue weighted by Gasteiger charge is 2.32. The van der Waals surface area contributed by atoms with E-state index in [4.69, 9.17) is 11.6 Å². The van der Waals surface area contributed by atoms with Crippen LogP contribution >= 0.6 is 11.6 Å². The molecule has 3 aromatic carbocycles. The number of amides is 2. The third-order valence-electron chi connectivity index (χ3n) is 6.23. The van der Waals surface area contributed by atoms with Crippen molar-refractivity contribution in [1.82, 2.24) is 10.2 Å². The Morgan fingerprint density at radius 1 is 0.973 bits per heavy atom. The molecule has 0 bridgehead atoms. The van der Waals surface area contributed by atoms with E-state index in [0.29, 0.717) is 11.4 Å². The normalized spacial score (nSPS) is 12.0. The Kier molecular flexibility index (Phi) is 9.34. The van der Waals surface area contributed by atoms with Gasteiger partial charge in [-0.25, -0.2) is 8.42 Å². The minimum Gasteiger partial charge on any atom is -0.357 e. The van der Waals surface area contributed by atoms with Crippen LogP contribution in [0.2, 0.25) is 5.02 Å². The third-order valence-corrected chi connectivity index (χ3v) is 8.42. The molecule has 1 unspecified atom stereocenters. The first-order valence-electron chi connectivity index (χ1n) is 11.9. The van der Waals surface area contributed by atoms with Gasteiger partial charge in [0, 0.05) is 18.6 Å². The van der Waals surface area contributed by atoms with Gasteiger partial charge >= 0.3 is 0 Å². The number of carbonyl (C=O) groups excluding carboxylic acids is 2. The largest absolute Gasteiger partial charge is 0.357 e. The highest BCUT2D eigenvalue weighted by Crippen LogP contribution is 2.28. The van der Waals surface area contributed by atoms with E-state index in [1.165, 1.54) is 30.1 Å². The van der Waals surface area contributed by atoms with Crippen molar-refractivity contribution in [2.75, 3.05) is 24.4 Å². The van der Waals surface area contributed by atoms with Gasteiger partial charge in [0.05, 0.1) is 10.6 Å². The zero-order chi connectivity index (χ0) is 27.2. The number of nitrogens with zero attached hydrogens (tertiary/aromatic N) is 2. The molecule has 1 atom stereocenters. The molecule has 1 N–H and O–H groups in total. The van der Waals surface area contributed by atoms with Crippen LogP contribution in [0.1, 0.15) is 23.6 Å². The fraction of sp³-hybridized carbons (Fsp3) is 0.286. The predicted molar refractivity (Wildman–Crippen MR) is 147 cm³/mol. The summed E-state index contributed by atoms with van der Waals surface area (Å²) in [6.07, 6.45) is 0.509. The van der Waals surface area contributed by atoms with E-state index < -0.39 is 28.5 Å². The number of halogens is 1. The Balaban J connectivity index is 2.00. The van der Waals surface area contributed by atoms with Crippen molar-refractivity contribution in [2.45, 2.75) is 38.1 Å². The van der Waals surface area contributed by atoms with Gasteiger partial charge in [-0.3, -0.25) is 13.9 Å². The van der Waals surface area contributed by atoms with Gasteiger partial charge in [-0.2, -0.15) is 0 Å². The summed E-state index contributed by atoms with van der Waals surface area (Å²) in [6, 6.07) is 20.1. The van der Waals surface area contributed by atoms with Gasteiger partial charge in [-0.05, 0) is 62.6 Å². The number of benzene rings is 3. The van der Waals surface area contributed by atoms with Crippen molar-refractivity contribution in [3.63, 3.8) is 0 Å². The average Bonchev–Trinajstić information content (AvgIpc) is 2.89. The minimum atomic E-state index is -4.12. The van der Waals surface area contributed by atoms with Gasteiger partial charge in [0.1, 0.15) is 12.6 Å².